The van der Waals surface area contributed by atoms with E-state index in [2.05, 4.69) is 86.8 Å². The summed E-state index contributed by atoms with van der Waals surface area (Å²) in [5.74, 6) is -0.531. The lowest BCUT2D eigenvalue weighted by Gasteiger charge is -2.24. The van der Waals surface area contributed by atoms with E-state index in [9.17, 15) is 19.8 Å². The third-order valence-electron chi connectivity index (χ3n) is 10.6. The molecule has 0 aromatic carbocycles. The van der Waals surface area contributed by atoms with Crippen LogP contribution in [0.2, 0.25) is 0 Å². The van der Waals surface area contributed by atoms with Crippen molar-refractivity contribution in [1.82, 2.24) is 5.32 Å². The van der Waals surface area contributed by atoms with Crippen molar-refractivity contribution < 1.29 is 24.5 Å². The molecule has 0 aromatic rings. The molecule has 0 aliphatic heterocycles. The fraction of sp³-hybridized carbons (Fsp3) is 0.765. The Balaban J connectivity index is 4.58. The van der Waals surface area contributed by atoms with Gasteiger partial charge in [0, 0.05) is 6.42 Å². The van der Waals surface area contributed by atoms with Crippen molar-refractivity contribution in [3.8, 4) is 0 Å². The first kappa shape index (κ1) is 54.6. The lowest BCUT2D eigenvalue weighted by atomic mass is 10.0. The van der Waals surface area contributed by atoms with Crippen LogP contribution in [0, 0.1) is 0 Å². The average molecular weight is 798 g/mol. The second-order valence-corrected chi connectivity index (χ2v) is 16.2. The van der Waals surface area contributed by atoms with E-state index >= 15 is 0 Å². The van der Waals surface area contributed by atoms with Crippen LogP contribution in [0.4, 0.5) is 0 Å². The van der Waals surface area contributed by atoms with E-state index in [0.29, 0.717) is 19.3 Å². The molecule has 0 rings (SSSR count). The Bertz CT molecular complexity index is 1030. The van der Waals surface area contributed by atoms with Gasteiger partial charge in [-0.15, -0.1) is 0 Å². The van der Waals surface area contributed by atoms with Crippen LogP contribution in [-0.4, -0.2) is 46.9 Å². The van der Waals surface area contributed by atoms with Crippen LogP contribution in [-0.2, 0) is 14.3 Å². The first-order valence-electron chi connectivity index (χ1n) is 24.0. The molecule has 0 bridgehead atoms. The van der Waals surface area contributed by atoms with Gasteiger partial charge in [-0.25, -0.2) is 0 Å². The quantitative estimate of drug-likeness (QED) is 0.0325. The highest BCUT2D eigenvalue weighted by molar-refractivity contribution is 5.77. The molecule has 0 fully saturated rings. The van der Waals surface area contributed by atoms with Gasteiger partial charge in [-0.3, -0.25) is 9.59 Å². The van der Waals surface area contributed by atoms with Gasteiger partial charge in [0.1, 0.15) is 6.10 Å². The number of carbonyl (C=O) groups is 2. The van der Waals surface area contributed by atoms with Crippen molar-refractivity contribution in [2.75, 3.05) is 6.61 Å². The molecular formula is C51H91NO5. The van der Waals surface area contributed by atoms with Gasteiger partial charge in [-0.2, -0.15) is 0 Å². The standard InChI is InChI=1S/C51H91NO5/c1-4-7-10-13-16-19-21-22-23-24-25-26-27-28-29-32-35-38-41-44-51(56)57-47(42-39-36-33-31-20-17-14-11-8-5-2)45-50(55)52-48(46-53)49(54)43-40-37-34-30-18-15-12-9-6-3/h16-17,19-20,22-23,25-26,28-29,47-49,53-54H,4-15,18,21,24,27,30-46H2,1-3H3,(H,52,55)/b19-16-,20-17-,23-22-,26-25-,29-28-. The number of carbonyl (C=O) groups excluding carboxylic acids is 2. The molecule has 0 radical (unpaired) electrons. The molecule has 6 heteroatoms. The molecule has 0 saturated carbocycles. The van der Waals surface area contributed by atoms with Crippen molar-refractivity contribution in [2.24, 2.45) is 0 Å². The van der Waals surface area contributed by atoms with E-state index in [1.807, 2.05) is 0 Å². The minimum absolute atomic E-state index is 0.0520. The first-order chi connectivity index (χ1) is 28.0. The molecule has 0 saturated heterocycles. The van der Waals surface area contributed by atoms with Gasteiger partial charge >= 0.3 is 5.97 Å². The number of esters is 1. The van der Waals surface area contributed by atoms with Crippen LogP contribution in [0.3, 0.4) is 0 Å². The zero-order chi connectivity index (χ0) is 41.7. The zero-order valence-corrected chi connectivity index (χ0v) is 37.5. The molecule has 0 spiro atoms. The molecule has 0 aliphatic carbocycles. The molecule has 3 atom stereocenters. The second-order valence-electron chi connectivity index (χ2n) is 16.2. The molecule has 57 heavy (non-hydrogen) atoms. The van der Waals surface area contributed by atoms with Crippen LogP contribution in [0.1, 0.15) is 226 Å². The number of aliphatic hydroxyl groups excluding tert-OH is 2. The highest BCUT2D eigenvalue weighted by Crippen LogP contribution is 2.16. The largest absolute Gasteiger partial charge is 0.462 e. The number of ether oxygens (including phenoxy) is 1. The Morgan fingerprint density at radius 3 is 1.40 bits per heavy atom. The molecule has 330 valence electrons. The summed E-state index contributed by atoms with van der Waals surface area (Å²) >= 11 is 0. The number of hydrogen-bond acceptors (Lipinski definition) is 5. The summed E-state index contributed by atoms with van der Waals surface area (Å²) in [7, 11) is 0. The number of rotatable bonds is 42. The summed E-state index contributed by atoms with van der Waals surface area (Å²) in [5, 5.41) is 23.6. The first-order valence-corrected chi connectivity index (χ1v) is 24.0. The monoisotopic (exact) mass is 798 g/mol. The van der Waals surface area contributed by atoms with Gasteiger partial charge < -0.3 is 20.3 Å². The minimum Gasteiger partial charge on any atom is -0.462 e. The van der Waals surface area contributed by atoms with Crippen molar-refractivity contribution in [3.63, 3.8) is 0 Å². The number of nitrogens with one attached hydrogen (secondary N) is 1. The normalized spacial score (nSPS) is 13.8. The Morgan fingerprint density at radius 2 is 0.895 bits per heavy atom. The molecule has 3 unspecified atom stereocenters. The Kier molecular flexibility index (Phi) is 42.7. The van der Waals surface area contributed by atoms with Gasteiger partial charge in [0.15, 0.2) is 0 Å². The van der Waals surface area contributed by atoms with Crippen LogP contribution < -0.4 is 5.32 Å². The maximum atomic E-state index is 13.1. The van der Waals surface area contributed by atoms with Crippen LogP contribution in [0.5, 0.6) is 0 Å². The predicted molar refractivity (Wildman–Crippen MR) is 245 cm³/mol. The molecule has 0 aliphatic rings. The number of unbranched alkanes of at least 4 members (excludes halogenated alkanes) is 20. The van der Waals surface area contributed by atoms with Gasteiger partial charge in [0.25, 0.3) is 0 Å². The summed E-state index contributed by atoms with van der Waals surface area (Å²) in [4.78, 5) is 26.0. The van der Waals surface area contributed by atoms with Crippen LogP contribution in [0.15, 0.2) is 60.8 Å². The molecule has 6 nitrogen and oxygen atoms in total. The number of allylic oxidation sites excluding steroid dienone is 10. The van der Waals surface area contributed by atoms with Crippen molar-refractivity contribution in [1.29, 1.82) is 0 Å². The fourth-order valence-corrected chi connectivity index (χ4v) is 6.88. The summed E-state index contributed by atoms with van der Waals surface area (Å²) < 4.78 is 5.88. The van der Waals surface area contributed by atoms with Crippen LogP contribution in [0.25, 0.3) is 0 Å². The number of aliphatic hydroxyl groups is 2. The van der Waals surface area contributed by atoms with Crippen molar-refractivity contribution >= 4 is 11.9 Å². The SMILES string of the molecule is CCCCC/C=C\C/C=C\C/C=C\C/C=C\CCCCCC(=O)OC(CCCCC/C=C\CCCCC)CC(=O)NC(CO)C(O)CCCCCCCCCCC. The van der Waals surface area contributed by atoms with E-state index in [1.54, 1.807) is 0 Å². The smallest absolute Gasteiger partial charge is 0.306 e. The minimum atomic E-state index is -0.796. The highest BCUT2D eigenvalue weighted by atomic mass is 16.5. The number of amides is 1. The Morgan fingerprint density at radius 1 is 0.509 bits per heavy atom. The summed E-state index contributed by atoms with van der Waals surface area (Å²) in [6.07, 6.45) is 54.3. The van der Waals surface area contributed by atoms with E-state index in [4.69, 9.17) is 4.74 Å². The predicted octanol–water partition coefficient (Wildman–Crippen LogP) is 14.1. The third-order valence-corrected chi connectivity index (χ3v) is 10.6. The van der Waals surface area contributed by atoms with E-state index in [0.717, 1.165) is 96.3 Å². The summed E-state index contributed by atoms with van der Waals surface area (Å²) in [6, 6.07) is -0.711. The summed E-state index contributed by atoms with van der Waals surface area (Å²) in [5.41, 5.74) is 0. The van der Waals surface area contributed by atoms with Gasteiger partial charge in [-0.05, 0) is 96.3 Å². The fourth-order valence-electron chi connectivity index (χ4n) is 6.88. The van der Waals surface area contributed by atoms with Gasteiger partial charge in [-0.1, -0.05) is 178 Å². The van der Waals surface area contributed by atoms with E-state index in [1.165, 1.54) is 83.5 Å². The maximum absolute atomic E-state index is 13.1. The van der Waals surface area contributed by atoms with Crippen molar-refractivity contribution in [2.45, 2.75) is 244 Å². The second kappa shape index (κ2) is 44.7. The van der Waals surface area contributed by atoms with Gasteiger partial charge in [0.2, 0.25) is 5.91 Å². The molecule has 0 aromatic heterocycles. The van der Waals surface area contributed by atoms with Gasteiger partial charge in [0.05, 0.1) is 25.2 Å². The lowest BCUT2D eigenvalue weighted by Crippen LogP contribution is -2.46. The highest BCUT2D eigenvalue weighted by Gasteiger charge is 2.24. The molecule has 0 heterocycles. The third kappa shape index (κ3) is 40.1. The van der Waals surface area contributed by atoms with Crippen molar-refractivity contribution in [3.05, 3.63) is 60.8 Å². The Labute approximate surface area is 352 Å². The topological polar surface area (TPSA) is 95.9 Å². The Hall–Kier alpha value is -2.44. The average Bonchev–Trinajstić information content (AvgIpc) is 3.20. The molecular weight excluding hydrogens is 707 g/mol. The maximum Gasteiger partial charge on any atom is 0.306 e. The number of hydrogen-bond donors (Lipinski definition) is 3. The molecule has 1 amide bonds. The summed E-state index contributed by atoms with van der Waals surface area (Å²) in [6.45, 7) is 6.38. The van der Waals surface area contributed by atoms with E-state index in [-0.39, 0.29) is 24.9 Å². The molecule has 3 N–H and O–H groups in total. The lowest BCUT2D eigenvalue weighted by molar-refractivity contribution is -0.151. The zero-order valence-electron chi connectivity index (χ0n) is 37.5. The van der Waals surface area contributed by atoms with E-state index < -0.39 is 18.2 Å². The van der Waals surface area contributed by atoms with Crippen LogP contribution >= 0.6 is 0 Å².